The van der Waals surface area contributed by atoms with Crippen LogP contribution in [0.4, 0.5) is 0 Å². The first-order valence-electron chi connectivity index (χ1n) is 5.90. The second kappa shape index (κ2) is 5.87. The summed E-state index contributed by atoms with van der Waals surface area (Å²) in [4.78, 5) is 48.9. The highest BCUT2D eigenvalue weighted by atomic mass is 16.4. The molecule has 0 fully saturated rings. The van der Waals surface area contributed by atoms with Crippen LogP contribution in [0.15, 0.2) is 39.9 Å². The highest BCUT2D eigenvalue weighted by Crippen LogP contribution is 2.05. The molecule has 0 bridgehead atoms. The van der Waals surface area contributed by atoms with Gasteiger partial charge in [0.05, 0.1) is 5.56 Å². The fourth-order valence-corrected chi connectivity index (χ4v) is 1.68. The zero-order chi connectivity index (χ0) is 15.4. The lowest BCUT2D eigenvalue weighted by Crippen LogP contribution is -2.30. The number of benzene rings is 1. The molecule has 1 heterocycles. The van der Waals surface area contributed by atoms with Crippen LogP contribution in [0.1, 0.15) is 26.4 Å². The molecular weight excluding hydrogens is 278 g/mol. The number of aromatic nitrogens is 2. The van der Waals surface area contributed by atoms with Gasteiger partial charge in [0, 0.05) is 12.6 Å². The van der Waals surface area contributed by atoms with Gasteiger partial charge in [0.15, 0.2) is 0 Å². The third-order valence-corrected chi connectivity index (χ3v) is 2.63. The Morgan fingerprint density at radius 3 is 2.57 bits per heavy atom. The lowest BCUT2D eigenvalue weighted by Gasteiger charge is -2.05. The number of carbonyl (C=O) groups is 2. The Hall–Kier alpha value is -3.16. The van der Waals surface area contributed by atoms with E-state index in [4.69, 9.17) is 5.11 Å². The number of aromatic amines is 2. The van der Waals surface area contributed by atoms with E-state index in [-0.39, 0.29) is 17.8 Å². The number of rotatable bonds is 4. The topological polar surface area (TPSA) is 132 Å². The second-order valence-corrected chi connectivity index (χ2v) is 4.19. The van der Waals surface area contributed by atoms with E-state index in [1.807, 2.05) is 4.98 Å². The molecule has 2 aromatic rings. The molecule has 8 heteroatoms. The molecule has 0 spiro atoms. The van der Waals surface area contributed by atoms with Crippen molar-refractivity contribution in [3.8, 4) is 0 Å². The second-order valence-electron chi connectivity index (χ2n) is 4.19. The summed E-state index contributed by atoms with van der Waals surface area (Å²) in [5.74, 6) is -1.71. The van der Waals surface area contributed by atoms with Crippen LogP contribution in [0.5, 0.6) is 0 Å². The van der Waals surface area contributed by atoms with E-state index in [9.17, 15) is 19.2 Å². The van der Waals surface area contributed by atoms with Gasteiger partial charge in [-0.3, -0.25) is 14.6 Å². The van der Waals surface area contributed by atoms with Gasteiger partial charge >= 0.3 is 11.7 Å². The number of hydrogen-bond acceptors (Lipinski definition) is 4. The largest absolute Gasteiger partial charge is 0.478 e. The van der Waals surface area contributed by atoms with E-state index in [0.717, 1.165) is 6.07 Å². The minimum Gasteiger partial charge on any atom is -0.478 e. The third kappa shape index (κ3) is 3.66. The Bertz CT molecular complexity index is 777. The summed E-state index contributed by atoms with van der Waals surface area (Å²) in [5, 5.41) is 11.3. The molecule has 0 saturated heterocycles. The maximum atomic E-state index is 11.8. The fourth-order valence-electron chi connectivity index (χ4n) is 1.68. The van der Waals surface area contributed by atoms with Gasteiger partial charge in [0.1, 0.15) is 5.69 Å². The summed E-state index contributed by atoms with van der Waals surface area (Å²) >= 11 is 0. The number of carbonyl (C=O) groups excluding carboxylic acids is 1. The monoisotopic (exact) mass is 289 g/mol. The Kier molecular flexibility index (Phi) is 3.98. The number of carboxylic acid groups (broad SMARTS) is 1. The molecule has 0 aliphatic heterocycles. The average Bonchev–Trinajstić information content (AvgIpc) is 2.44. The van der Waals surface area contributed by atoms with Crippen molar-refractivity contribution < 1.29 is 14.7 Å². The molecule has 108 valence electrons. The Morgan fingerprint density at radius 1 is 1.14 bits per heavy atom. The van der Waals surface area contributed by atoms with Crippen molar-refractivity contribution in [1.82, 2.24) is 15.3 Å². The summed E-state index contributed by atoms with van der Waals surface area (Å²) in [6.45, 7) is 0.0643. The van der Waals surface area contributed by atoms with E-state index in [1.165, 1.54) is 12.1 Å². The molecule has 0 unspecified atom stereocenters. The zero-order valence-electron chi connectivity index (χ0n) is 10.7. The van der Waals surface area contributed by atoms with Crippen LogP contribution >= 0.6 is 0 Å². The van der Waals surface area contributed by atoms with Crippen molar-refractivity contribution >= 4 is 11.9 Å². The van der Waals surface area contributed by atoms with Gasteiger partial charge in [-0.25, -0.2) is 9.59 Å². The molecule has 0 atom stereocenters. The van der Waals surface area contributed by atoms with Crippen molar-refractivity contribution in [2.24, 2.45) is 0 Å². The van der Waals surface area contributed by atoms with E-state index in [0.29, 0.717) is 5.56 Å². The smallest absolute Gasteiger partial charge is 0.335 e. The molecule has 8 nitrogen and oxygen atoms in total. The first-order chi connectivity index (χ1) is 9.95. The molecule has 1 amide bonds. The van der Waals surface area contributed by atoms with E-state index in [1.54, 1.807) is 12.1 Å². The van der Waals surface area contributed by atoms with Crippen LogP contribution in [0, 0.1) is 0 Å². The summed E-state index contributed by atoms with van der Waals surface area (Å²) in [5.41, 5.74) is -0.947. The van der Waals surface area contributed by atoms with Gasteiger partial charge in [0.25, 0.3) is 11.5 Å². The summed E-state index contributed by atoms with van der Waals surface area (Å²) in [7, 11) is 0. The zero-order valence-corrected chi connectivity index (χ0v) is 10.7. The Balaban J connectivity index is 2.10. The first kappa shape index (κ1) is 14.3. The molecule has 2 rings (SSSR count). The molecule has 21 heavy (non-hydrogen) atoms. The normalized spacial score (nSPS) is 10.1. The van der Waals surface area contributed by atoms with Gasteiger partial charge in [-0.2, -0.15) is 0 Å². The van der Waals surface area contributed by atoms with Crippen molar-refractivity contribution in [2.45, 2.75) is 6.54 Å². The highest BCUT2D eigenvalue weighted by molar-refractivity contribution is 5.92. The van der Waals surface area contributed by atoms with E-state index >= 15 is 0 Å². The van der Waals surface area contributed by atoms with Crippen LogP contribution in [-0.4, -0.2) is 27.0 Å². The van der Waals surface area contributed by atoms with Gasteiger partial charge in [-0.15, -0.1) is 0 Å². The first-order valence-corrected chi connectivity index (χ1v) is 5.90. The van der Waals surface area contributed by atoms with E-state index in [2.05, 4.69) is 10.3 Å². The predicted octanol–water partition coefficient (Wildman–Crippen LogP) is -0.309. The van der Waals surface area contributed by atoms with Gasteiger partial charge in [-0.05, 0) is 17.7 Å². The number of carboxylic acids is 1. The number of nitrogens with one attached hydrogen (secondary N) is 3. The summed E-state index contributed by atoms with van der Waals surface area (Å²) in [6, 6.07) is 7.02. The lowest BCUT2D eigenvalue weighted by atomic mass is 10.1. The van der Waals surface area contributed by atoms with Crippen molar-refractivity contribution in [1.29, 1.82) is 0 Å². The van der Waals surface area contributed by atoms with Gasteiger partial charge in [-0.1, -0.05) is 12.1 Å². The minimum atomic E-state index is -1.07. The quantitative estimate of drug-likeness (QED) is 0.613. The fraction of sp³-hybridized carbons (Fsp3) is 0.0769. The van der Waals surface area contributed by atoms with Gasteiger partial charge < -0.3 is 15.4 Å². The van der Waals surface area contributed by atoms with Crippen molar-refractivity contribution in [3.63, 3.8) is 0 Å². The maximum absolute atomic E-state index is 11.8. The maximum Gasteiger partial charge on any atom is 0.335 e. The SMILES string of the molecule is O=C(O)c1cccc(CNC(=O)c2cc(=O)[nH]c(=O)[nH]2)c1. The predicted molar refractivity (Wildman–Crippen MR) is 72.3 cm³/mol. The lowest BCUT2D eigenvalue weighted by molar-refractivity contribution is 0.0696. The molecule has 0 saturated carbocycles. The van der Waals surface area contributed by atoms with Crippen LogP contribution in [0.25, 0.3) is 0 Å². The number of hydrogen-bond donors (Lipinski definition) is 4. The third-order valence-electron chi connectivity index (χ3n) is 2.63. The Morgan fingerprint density at radius 2 is 1.90 bits per heavy atom. The van der Waals surface area contributed by atoms with Crippen molar-refractivity contribution in [2.75, 3.05) is 0 Å². The van der Waals surface area contributed by atoms with Crippen LogP contribution in [0.3, 0.4) is 0 Å². The molecule has 0 radical (unpaired) electrons. The van der Waals surface area contributed by atoms with Gasteiger partial charge in [0.2, 0.25) is 0 Å². The standard InChI is InChI=1S/C13H11N3O5/c17-10-5-9(15-13(21)16-10)11(18)14-6-7-2-1-3-8(4-7)12(19)20/h1-5H,6H2,(H,14,18)(H,19,20)(H2,15,16,17,21). The van der Waals surface area contributed by atoms with Crippen molar-refractivity contribution in [3.05, 3.63) is 68.0 Å². The van der Waals surface area contributed by atoms with Crippen LogP contribution in [0.2, 0.25) is 0 Å². The van der Waals surface area contributed by atoms with Crippen LogP contribution in [-0.2, 0) is 6.54 Å². The number of H-pyrrole nitrogens is 2. The average molecular weight is 289 g/mol. The summed E-state index contributed by atoms with van der Waals surface area (Å²) < 4.78 is 0. The number of aromatic carboxylic acids is 1. The minimum absolute atomic E-state index is 0.0643. The molecule has 1 aromatic carbocycles. The Labute approximate surface area is 117 Å². The van der Waals surface area contributed by atoms with Crippen LogP contribution < -0.4 is 16.6 Å². The summed E-state index contributed by atoms with van der Waals surface area (Å²) in [6.07, 6.45) is 0. The van der Waals surface area contributed by atoms with E-state index < -0.39 is 23.1 Å². The molecule has 0 aliphatic rings. The molecule has 4 N–H and O–H groups in total. The molecule has 0 aliphatic carbocycles. The molecular formula is C13H11N3O5. The molecule has 1 aromatic heterocycles. The highest BCUT2D eigenvalue weighted by Gasteiger charge is 2.08. The number of amides is 1.